The topological polar surface area (TPSA) is 49.9 Å². The maximum atomic E-state index is 12.5. The summed E-state index contributed by atoms with van der Waals surface area (Å²) in [5.74, 6) is 1.32. The molecule has 1 aromatic rings. The van der Waals surface area contributed by atoms with E-state index in [9.17, 15) is 9.59 Å². The van der Waals surface area contributed by atoms with Crippen LogP contribution >= 0.6 is 0 Å². The Morgan fingerprint density at radius 1 is 1.13 bits per heavy atom. The molecule has 3 rings (SSSR count). The molecule has 1 aromatic carbocycles. The van der Waals surface area contributed by atoms with Gasteiger partial charge in [0.25, 0.3) is 0 Å². The third kappa shape index (κ3) is 3.19. The summed E-state index contributed by atoms with van der Waals surface area (Å²) >= 11 is 0. The highest BCUT2D eigenvalue weighted by Crippen LogP contribution is 2.32. The summed E-state index contributed by atoms with van der Waals surface area (Å²) in [7, 11) is 1.64. The number of nitrogens with zero attached hydrogens (tertiary/aromatic N) is 2. The Kier molecular flexibility index (Phi) is 4.55. The van der Waals surface area contributed by atoms with Crippen molar-refractivity contribution in [3.63, 3.8) is 0 Å². The van der Waals surface area contributed by atoms with E-state index in [2.05, 4.69) is 0 Å². The molecule has 0 aromatic heterocycles. The minimum absolute atomic E-state index is 0.0570. The van der Waals surface area contributed by atoms with Gasteiger partial charge in [-0.05, 0) is 30.5 Å². The van der Waals surface area contributed by atoms with E-state index in [1.54, 1.807) is 14.0 Å². The molecule has 1 aliphatic carbocycles. The molecule has 1 saturated carbocycles. The zero-order chi connectivity index (χ0) is 16.4. The molecule has 1 aliphatic heterocycles. The van der Waals surface area contributed by atoms with Gasteiger partial charge in [0, 0.05) is 32.5 Å². The van der Waals surface area contributed by atoms with Crippen LogP contribution in [0.4, 0.5) is 0 Å². The Hall–Kier alpha value is -2.04. The van der Waals surface area contributed by atoms with Gasteiger partial charge in [-0.15, -0.1) is 0 Å². The number of methoxy groups -OCH3 is 1. The van der Waals surface area contributed by atoms with Gasteiger partial charge in [0.1, 0.15) is 5.75 Å². The molecule has 5 nitrogen and oxygen atoms in total. The highest BCUT2D eigenvalue weighted by molar-refractivity contribution is 5.80. The first-order chi connectivity index (χ1) is 11.1. The van der Waals surface area contributed by atoms with Gasteiger partial charge >= 0.3 is 0 Å². The molecule has 124 valence electrons. The highest BCUT2D eigenvalue weighted by atomic mass is 16.5. The van der Waals surface area contributed by atoms with E-state index in [0.29, 0.717) is 19.6 Å². The maximum absolute atomic E-state index is 12.5. The van der Waals surface area contributed by atoms with Crippen LogP contribution in [-0.2, 0) is 9.59 Å². The van der Waals surface area contributed by atoms with Gasteiger partial charge in [0.2, 0.25) is 11.8 Å². The van der Waals surface area contributed by atoms with Crippen molar-refractivity contribution in [3.8, 4) is 5.75 Å². The third-order valence-corrected chi connectivity index (χ3v) is 5.05. The van der Waals surface area contributed by atoms with Crippen LogP contribution in [0.1, 0.15) is 37.8 Å². The smallest absolute Gasteiger partial charge is 0.225 e. The molecule has 1 heterocycles. The van der Waals surface area contributed by atoms with E-state index in [1.165, 1.54) is 0 Å². The Labute approximate surface area is 137 Å². The largest absolute Gasteiger partial charge is 0.497 e. The molecule has 1 atom stereocenters. The summed E-state index contributed by atoms with van der Waals surface area (Å²) in [4.78, 5) is 28.3. The van der Waals surface area contributed by atoms with Crippen molar-refractivity contribution in [3.05, 3.63) is 29.8 Å². The highest BCUT2D eigenvalue weighted by Gasteiger charge is 2.36. The molecule has 2 fully saturated rings. The van der Waals surface area contributed by atoms with Crippen LogP contribution in [0.25, 0.3) is 0 Å². The number of ether oxygens (including phenoxy) is 1. The van der Waals surface area contributed by atoms with E-state index in [4.69, 9.17) is 4.74 Å². The van der Waals surface area contributed by atoms with Crippen molar-refractivity contribution < 1.29 is 14.3 Å². The van der Waals surface area contributed by atoms with Gasteiger partial charge in [0.05, 0.1) is 13.2 Å². The van der Waals surface area contributed by atoms with Gasteiger partial charge in [-0.3, -0.25) is 9.59 Å². The summed E-state index contributed by atoms with van der Waals surface area (Å²) < 4.78 is 5.20. The van der Waals surface area contributed by atoms with E-state index in [0.717, 1.165) is 30.6 Å². The van der Waals surface area contributed by atoms with Crippen molar-refractivity contribution >= 4 is 11.8 Å². The van der Waals surface area contributed by atoms with E-state index < -0.39 is 0 Å². The number of carbonyl (C=O) groups is 2. The lowest BCUT2D eigenvalue weighted by Crippen LogP contribution is -2.53. The molecule has 2 amide bonds. The van der Waals surface area contributed by atoms with Crippen LogP contribution in [0, 0.1) is 5.92 Å². The second kappa shape index (κ2) is 6.60. The number of hydrogen-bond acceptors (Lipinski definition) is 3. The van der Waals surface area contributed by atoms with E-state index in [1.807, 2.05) is 34.1 Å². The van der Waals surface area contributed by atoms with Crippen molar-refractivity contribution in [2.24, 2.45) is 5.92 Å². The second-order valence-corrected chi connectivity index (χ2v) is 6.41. The number of hydrogen-bond donors (Lipinski definition) is 0. The minimum atomic E-state index is -0.0730. The third-order valence-electron chi connectivity index (χ3n) is 5.05. The standard InChI is InChI=1S/C18H24N2O3/c1-13(21)20-11-10-19(18(22)15-4-3-5-15)12-17(20)14-6-8-16(23-2)9-7-14/h6-9,15,17H,3-5,10-12H2,1-2H3. The van der Waals surface area contributed by atoms with Gasteiger partial charge in [0.15, 0.2) is 0 Å². The summed E-state index contributed by atoms with van der Waals surface area (Å²) in [5.41, 5.74) is 1.05. The first-order valence-corrected chi connectivity index (χ1v) is 8.30. The molecule has 23 heavy (non-hydrogen) atoms. The monoisotopic (exact) mass is 316 g/mol. The quantitative estimate of drug-likeness (QED) is 0.859. The molecule has 0 spiro atoms. The van der Waals surface area contributed by atoms with Crippen LogP contribution in [0.2, 0.25) is 0 Å². The van der Waals surface area contributed by atoms with Crippen molar-refractivity contribution in [2.45, 2.75) is 32.2 Å². The van der Waals surface area contributed by atoms with Crippen LogP contribution in [0.3, 0.4) is 0 Å². The molecule has 0 radical (unpaired) electrons. The molecular weight excluding hydrogens is 292 g/mol. The molecule has 1 unspecified atom stereocenters. The Morgan fingerprint density at radius 2 is 1.83 bits per heavy atom. The maximum Gasteiger partial charge on any atom is 0.225 e. The zero-order valence-corrected chi connectivity index (χ0v) is 13.8. The van der Waals surface area contributed by atoms with Crippen LogP contribution in [0.5, 0.6) is 5.75 Å². The first kappa shape index (κ1) is 15.8. The van der Waals surface area contributed by atoms with Gasteiger partial charge in [-0.2, -0.15) is 0 Å². The summed E-state index contributed by atoms with van der Waals surface area (Å²) in [6.07, 6.45) is 3.18. The SMILES string of the molecule is COc1ccc(C2CN(C(=O)C3CCC3)CCN2C(C)=O)cc1. The average Bonchev–Trinajstić information content (AvgIpc) is 2.52. The van der Waals surface area contributed by atoms with Crippen LogP contribution in [0.15, 0.2) is 24.3 Å². The fraction of sp³-hybridized carbons (Fsp3) is 0.556. The second-order valence-electron chi connectivity index (χ2n) is 6.41. The fourth-order valence-electron chi connectivity index (χ4n) is 3.38. The molecule has 0 bridgehead atoms. The molecular formula is C18H24N2O3. The number of benzene rings is 1. The van der Waals surface area contributed by atoms with Crippen LogP contribution in [-0.4, -0.2) is 48.4 Å². The lowest BCUT2D eigenvalue weighted by atomic mass is 9.84. The van der Waals surface area contributed by atoms with E-state index >= 15 is 0 Å². The minimum Gasteiger partial charge on any atom is -0.497 e. The Morgan fingerprint density at radius 3 is 2.35 bits per heavy atom. The predicted molar refractivity (Wildman–Crippen MR) is 87.0 cm³/mol. The van der Waals surface area contributed by atoms with E-state index in [-0.39, 0.29) is 23.8 Å². The number of amides is 2. The van der Waals surface area contributed by atoms with Gasteiger partial charge < -0.3 is 14.5 Å². The summed E-state index contributed by atoms with van der Waals surface area (Å²) in [6, 6.07) is 7.70. The van der Waals surface area contributed by atoms with Crippen molar-refractivity contribution in [1.29, 1.82) is 0 Å². The number of rotatable bonds is 3. The normalized spacial score (nSPS) is 21.7. The van der Waals surface area contributed by atoms with Crippen LogP contribution < -0.4 is 4.74 Å². The molecule has 5 heteroatoms. The Balaban J connectivity index is 1.79. The average molecular weight is 316 g/mol. The molecule has 1 saturated heterocycles. The summed E-state index contributed by atoms with van der Waals surface area (Å²) in [6.45, 7) is 3.42. The number of carbonyl (C=O) groups excluding carboxylic acids is 2. The lowest BCUT2D eigenvalue weighted by Gasteiger charge is -2.43. The molecule has 0 N–H and O–H groups in total. The van der Waals surface area contributed by atoms with Crippen molar-refractivity contribution in [1.82, 2.24) is 9.80 Å². The van der Waals surface area contributed by atoms with Gasteiger partial charge in [-0.25, -0.2) is 0 Å². The number of piperazine rings is 1. The first-order valence-electron chi connectivity index (χ1n) is 8.30. The Bertz CT molecular complexity index is 580. The summed E-state index contributed by atoms with van der Waals surface area (Å²) in [5, 5.41) is 0. The lowest BCUT2D eigenvalue weighted by molar-refractivity contribution is -0.146. The van der Waals surface area contributed by atoms with Gasteiger partial charge in [-0.1, -0.05) is 18.6 Å². The zero-order valence-electron chi connectivity index (χ0n) is 13.8. The molecule has 2 aliphatic rings. The predicted octanol–water partition coefficient (Wildman–Crippen LogP) is 2.23. The van der Waals surface area contributed by atoms with Crippen molar-refractivity contribution in [2.75, 3.05) is 26.7 Å². The fourth-order valence-corrected chi connectivity index (χ4v) is 3.38.